The molecular weight excluding hydrogens is 212 g/mol. The number of ether oxygens (including phenoxy) is 1. The Morgan fingerprint density at radius 1 is 1.41 bits per heavy atom. The Labute approximate surface area is 107 Å². The van der Waals surface area contributed by atoms with Crippen LogP contribution in [0, 0.1) is 0 Å². The highest BCUT2D eigenvalue weighted by atomic mass is 16.5. The van der Waals surface area contributed by atoms with Gasteiger partial charge in [0.1, 0.15) is 0 Å². The van der Waals surface area contributed by atoms with Crippen LogP contribution in [0.25, 0.3) is 0 Å². The van der Waals surface area contributed by atoms with E-state index in [1.807, 2.05) is 7.11 Å². The van der Waals surface area contributed by atoms with Gasteiger partial charge in [-0.05, 0) is 45.7 Å². The van der Waals surface area contributed by atoms with E-state index in [9.17, 15) is 0 Å². The Bertz CT molecular complexity index is 210. The Kier molecular flexibility index (Phi) is 6.45. The fourth-order valence-corrected chi connectivity index (χ4v) is 2.70. The van der Waals surface area contributed by atoms with Gasteiger partial charge in [-0.1, -0.05) is 13.8 Å². The van der Waals surface area contributed by atoms with Gasteiger partial charge < -0.3 is 10.1 Å². The number of nitrogens with zero attached hydrogens (tertiary/aromatic N) is 1. The van der Waals surface area contributed by atoms with Crippen LogP contribution in [0.2, 0.25) is 0 Å². The predicted octanol–water partition coefficient (Wildman–Crippen LogP) is 2.27. The summed E-state index contributed by atoms with van der Waals surface area (Å²) in [6, 6.07) is 0.663. The Morgan fingerprint density at radius 3 is 2.76 bits per heavy atom. The van der Waals surface area contributed by atoms with Gasteiger partial charge in [0.15, 0.2) is 0 Å². The monoisotopic (exact) mass is 242 g/mol. The van der Waals surface area contributed by atoms with Crippen molar-refractivity contribution in [1.82, 2.24) is 10.2 Å². The van der Waals surface area contributed by atoms with Crippen LogP contribution >= 0.6 is 0 Å². The first-order chi connectivity index (χ1) is 8.15. The van der Waals surface area contributed by atoms with Gasteiger partial charge in [-0.25, -0.2) is 0 Å². The zero-order chi connectivity index (χ0) is 12.7. The second-order valence-corrected chi connectivity index (χ2v) is 5.49. The van der Waals surface area contributed by atoms with Gasteiger partial charge in [0.25, 0.3) is 0 Å². The molecule has 2 unspecified atom stereocenters. The highest BCUT2D eigenvalue weighted by Gasteiger charge is 2.33. The lowest BCUT2D eigenvalue weighted by molar-refractivity contribution is -0.0613. The minimum atomic E-state index is 0.0659. The topological polar surface area (TPSA) is 24.5 Å². The Hall–Kier alpha value is -0.120. The van der Waals surface area contributed by atoms with Gasteiger partial charge in [0.2, 0.25) is 0 Å². The van der Waals surface area contributed by atoms with Crippen LogP contribution in [0.5, 0.6) is 0 Å². The first-order valence-electron chi connectivity index (χ1n) is 7.15. The van der Waals surface area contributed by atoms with Crippen molar-refractivity contribution in [3.05, 3.63) is 0 Å². The van der Waals surface area contributed by atoms with E-state index < -0.39 is 0 Å². The number of hydrogen-bond donors (Lipinski definition) is 1. The molecule has 0 aromatic heterocycles. The van der Waals surface area contributed by atoms with E-state index in [1.54, 1.807) is 0 Å². The highest BCUT2D eigenvalue weighted by Crippen LogP contribution is 2.25. The largest absolute Gasteiger partial charge is 0.377 e. The van der Waals surface area contributed by atoms with Crippen molar-refractivity contribution in [1.29, 1.82) is 0 Å². The third-order valence-corrected chi connectivity index (χ3v) is 3.98. The second-order valence-electron chi connectivity index (χ2n) is 5.49. The van der Waals surface area contributed by atoms with Gasteiger partial charge >= 0.3 is 0 Å². The number of hydrogen-bond acceptors (Lipinski definition) is 3. The minimum absolute atomic E-state index is 0.0659. The number of rotatable bonds is 7. The molecule has 1 fully saturated rings. The zero-order valence-electron chi connectivity index (χ0n) is 12.1. The van der Waals surface area contributed by atoms with E-state index in [0.29, 0.717) is 6.04 Å². The van der Waals surface area contributed by atoms with Crippen molar-refractivity contribution in [3.8, 4) is 0 Å². The van der Waals surface area contributed by atoms with Gasteiger partial charge in [0.05, 0.1) is 5.60 Å². The number of piperidine rings is 1. The summed E-state index contributed by atoms with van der Waals surface area (Å²) in [6.07, 6.45) is 4.89. The molecule has 1 aliphatic heterocycles. The first kappa shape index (κ1) is 14.9. The molecule has 0 aliphatic carbocycles. The van der Waals surface area contributed by atoms with E-state index in [0.717, 1.165) is 19.6 Å². The van der Waals surface area contributed by atoms with Gasteiger partial charge in [-0.15, -0.1) is 0 Å². The van der Waals surface area contributed by atoms with E-state index in [-0.39, 0.29) is 5.60 Å². The molecule has 0 spiro atoms. The third-order valence-electron chi connectivity index (χ3n) is 3.98. The summed E-state index contributed by atoms with van der Waals surface area (Å²) in [5, 5.41) is 3.55. The molecule has 2 atom stereocenters. The summed E-state index contributed by atoms with van der Waals surface area (Å²) in [5.74, 6) is 0. The molecule has 102 valence electrons. The molecule has 3 heteroatoms. The number of nitrogens with one attached hydrogen (secondary N) is 1. The summed E-state index contributed by atoms with van der Waals surface area (Å²) >= 11 is 0. The van der Waals surface area contributed by atoms with Crippen LogP contribution in [-0.2, 0) is 4.74 Å². The van der Waals surface area contributed by atoms with Crippen LogP contribution in [0.1, 0.15) is 46.5 Å². The smallest absolute Gasteiger partial charge is 0.0777 e. The lowest BCUT2D eigenvalue weighted by Crippen LogP contribution is -2.53. The minimum Gasteiger partial charge on any atom is -0.377 e. The lowest BCUT2D eigenvalue weighted by Gasteiger charge is -2.43. The van der Waals surface area contributed by atoms with E-state index in [4.69, 9.17) is 4.74 Å². The van der Waals surface area contributed by atoms with Crippen LogP contribution in [0.3, 0.4) is 0 Å². The first-order valence-corrected chi connectivity index (χ1v) is 7.15. The molecular formula is C14H30N2O. The molecule has 1 aliphatic rings. The van der Waals surface area contributed by atoms with Crippen LogP contribution in [0.4, 0.5) is 0 Å². The number of likely N-dealkylation sites (tertiary alicyclic amines) is 1. The fourth-order valence-electron chi connectivity index (χ4n) is 2.70. The predicted molar refractivity (Wildman–Crippen MR) is 73.5 cm³/mol. The normalized spacial score (nSPS) is 28.2. The molecule has 17 heavy (non-hydrogen) atoms. The van der Waals surface area contributed by atoms with Crippen molar-refractivity contribution in [2.75, 3.05) is 33.3 Å². The molecule has 0 aromatic rings. The molecule has 0 radical (unpaired) electrons. The summed E-state index contributed by atoms with van der Waals surface area (Å²) < 4.78 is 5.67. The van der Waals surface area contributed by atoms with Crippen molar-refractivity contribution < 1.29 is 4.74 Å². The van der Waals surface area contributed by atoms with Crippen molar-refractivity contribution in [2.45, 2.75) is 58.1 Å². The average Bonchev–Trinajstić information content (AvgIpc) is 2.35. The maximum Gasteiger partial charge on any atom is 0.0777 e. The maximum atomic E-state index is 5.67. The van der Waals surface area contributed by atoms with Gasteiger partial charge in [-0.3, -0.25) is 4.90 Å². The highest BCUT2D eigenvalue weighted by molar-refractivity contribution is 4.88. The SMILES string of the molecule is CCCNCC(CC)N1CCCC(C)(OC)C1. The van der Waals surface area contributed by atoms with Crippen molar-refractivity contribution in [3.63, 3.8) is 0 Å². The van der Waals surface area contributed by atoms with E-state index in [1.165, 1.54) is 32.2 Å². The molecule has 1 rings (SSSR count). The van der Waals surface area contributed by atoms with Gasteiger partial charge in [0, 0.05) is 26.2 Å². The average molecular weight is 242 g/mol. The number of methoxy groups -OCH3 is 1. The Morgan fingerprint density at radius 2 is 2.18 bits per heavy atom. The van der Waals surface area contributed by atoms with Crippen LogP contribution < -0.4 is 5.32 Å². The molecule has 1 heterocycles. The molecule has 1 N–H and O–H groups in total. The molecule has 3 nitrogen and oxygen atoms in total. The Balaban J connectivity index is 2.44. The molecule has 0 saturated carbocycles. The van der Waals surface area contributed by atoms with Crippen LogP contribution in [0.15, 0.2) is 0 Å². The molecule has 1 saturated heterocycles. The molecule has 0 aromatic carbocycles. The zero-order valence-corrected chi connectivity index (χ0v) is 12.1. The van der Waals surface area contributed by atoms with Crippen LogP contribution in [-0.4, -0.2) is 49.8 Å². The van der Waals surface area contributed by atoms with Crippen molar-refractivity contribution >= 4 is 0 Å². The lowest BCUT2D eigenvalue weighted by atomic mass is 9.93. The van der Waals surface area contributed by atoms with Gasteiger partial charge in [-0.2, -0.15) is 0 Å². The molecule has 0 bridgehead atoms. The summed E-state index contributed by atoms with van der Waals surface area (Å²) in [4.78, 5) is 2.61. The van der Waals surface area contributed by atoms with Crippen molar-refractivity contribution in [2.24, 2.45) is 0 Å². The second kappa shape index (κ2) is 7.34. The van der Waals surface area contributed by atoms with E-state index >= 15 is 0 Å². The standard InChI is InChI=1S/C14H30N2O/c1-5-9-15-11-13(6-2)16-10-7-8-14(3,12-16)17-4/h13,15H,5-12H2,1-4H3. The maximum absolute atomic E-state index is 5.67. The van der Waals surface area contributed by atoms with E-state index in [2.05, 4.69) is 31.0 Å². The quantitative estimate of drug-likeness (QED) is 0.693. The molecule has 0 amide bonds. The third kappa shape index (κ3) is 4.57. The summed E-state index contributed by atoms with van der Waals surface area (Å²) in [7, 11) is 1.85. The summed E-state index contributed by atoms with van der Waals surface area (Å²) in [5.41, 5.74) is 0.0659. The summed E-state index contributed by atoms with van der Waals surface area (Å²) in [6.45, 7) is 11.3. The fraction of sp³-hybridized carbons (Fsp3) is 1.00.